The van der Waals surface area contributed by atoms with Crippen molar-refractivity contribution in [2.75, 3.05) is 5.75 Å². The molecule has 0 aliphatic rings. The zero-order valence-corrected chi connectivity index (χ0v) is 27.8. The van der Waals surface area contributed by atoms with Gasteiger partial charge >= 0.3 is 37.9 Å². The van der Waals surface area contributed by atoms with E-state index in [9.17, 15) is 0 Å². The Morgan fingerprint density at radius 3 is 2.00 bits per heavy atom. The quantitative estimate of drug-likeness (QED) is 0.170. The fourth-order valence-corrected chi connectivity index (χ4v) is 3.52. The third kappa shape index (κ3) is 12.7. The third-order valence-corrected chi connectivity index (χ3v) is 5.23. The van der Waals surface area contributed by atoms with Crippen LogP contribution in [0.4, 0.5) is 0 Å². The summed E-state index contributed by atoms with van der Waals surface area (Å²) in [6, 6.07) is 20.3. The molecule has 0 heterocycles. The monoisotopic (exact) mass is 608 g/mol. The fraction of sp³-hybridized carbons (Fsp3) is 0.414. The molecule has 2 radical (unpaired) electrons. The van der Waals surface area contributed by atoms with Crippen molar-refractivity contribution in [1.29, 1.82) is 0 Å². The van der Waals surface area contributed by atoms with Gasteiger partial charge in [0, 0.05) is 9.52 Å². The molecule has 3 aromatic rings. The van der Waals surface area contributed by atoms with E-state index in [0.717, 1.165) is 27.3 Å². The van der Waals surface area contributed by atoms with E-state index < -0.39 is 20.8 Å². The first-order valence-electron chi connectivity index (χ1n) is 11.5. The van der Waals surface area contributed by atoms with Gasteiger partial charge in [-0.2, -0.15) is 18.7 Å². The number of thiol groups is 1. The zero-order valence-electron chi connectivity index (χ0n) is 22.0. The molecule has 3 aromatic carbocycles. The minimum absolute atomic E-state index is 0.204. The van der Waals surface area contributed by atoms with Crippen LogP contribution in [0.5, 0.6) is 0 Å². The molecular formula is C29H40Cl2SSiZr. The van der Waals surface area contributed by atoms with Gasteiger partial charge in [0.2, 0.25) is 0 Å². The summed E-state index contributed by atoms with van der Waals surface area (Å²) in [6.07, 6.45) is 0.934. The van der Waals surface area contributed by atoms with Crippen LogP contribution in [0.25, 0.3) is 21.9 Å². The Hall–Kier alpha value is -0.180. The summed E-state index contributed by atoms with van der Waals surface area (Å²) in [7, 11) is 11.0. The van der Waals surface area contributed by atoms with E-state index in [0.29, 0.717) is 5.92 Å². The number of fused-ring (bicyclic) bond motifs is 1. The molecule has 0 aliphatic carbocycles. The van der Waals surface area contributed by atoms with Crippen molar-refractivity contribution < 1.29 is 20.8 Å². The van der Waals surface area contributed by atoms with Crippen LogP contribution in [0.3, 0.4) is 0 Å². The van der Waals surface area contributed by atoms with E-state index in [1.54, 1.807) is 0 Å². The Kier molecular flexibility index (Phi) is 18.0. The molecule has 34 heavy (non-hydrogen) atoms. The molecule has 0 saturated heterocycles. The Labute approximate surface area is 236 Å². The second kappa shape index (κ2) is 18.1. The van der Waals surface area contributed by atoms with Crippen LogP contribution in [0, 0.1) is 6.58 Å². The van der Waals surface area contributed by atoms with Crippen molar-refractivity contribution in [1.82, 2.24) is 0 Å². The van der Waals surface area contributed by atoms with E-state index in [2.05, 4.69) is 115 Å². The number of allylic oxidation sites excluding steroid dienone is 1. The molecule has 0 amide bonds. The Morgan fingerprint density at radius 2 is 1.62 bits per heavy atom. The zero-order chi connectivity index (χ0) is 26.3. The summed E-state index contributed by atoms with van der Waals surface area (Å²) in [5.74, 6) is 1.44. The molecule has 0 saturated carbocycles. The molecule has 0 bridgehead atoms. The van der Waals surface area contributed by atoms with Crippen LogP contribution in [0.1, 0.15) is 65.0 Å². The minimum atomic E-state index is -0.826. The van der Waals surface area contributed by atoms with E-state index >= 15 is 0 Å². The summed E-state index contributed by atoms with van der Waals surface area (Å²) in [5.41, 5.74) is 6.62. The van der Waals surface area contributed by atoms with Gasteiger partial charge in [-0.05, 0) is 28.2 Å². The fourth-order valence-electron chi connectivity index (χ4n) is 3.17. The number of hydrogen-bond acceptors (Lipinski definition) is 1. The van der Waals surface area contributed by atoms with Gasteiger partial charge in [0.15, 0.2) is 0 Å². The van der Waals surface area contributed by atoms with Crippen molar-refractivity contribution >= 4 is 49.9 Å². The van der Waals surface area contributed by atoms with Gasteiger partial charge in [-0.25, -0.2) is 0 Å². The number of benzene rings is 2. The second-order valence-corrected chi connectivity index (χ2v) is 14.6. The molecule has 0 spiro atoms. The predicted molar refractivity (Wildman–Crippen MR) is 159 cm³/mol. The first kappa shape index (κ1) is 33.8. The molecule has 0 N–H and O–H groups in total. The van der Waals surface area contributed by atoms with E-state index in [1.807, 2.05) is 6.92 Å². The van der Waals surface area contributed by atoms with Crippen molar-refractivity contribution in [2.45, 2.75) is 72.4 Å². The van der Waals surface area contributed by atoms with Gasteiger partial charge in [0.05, 0.1) is 0 Å². The Bertz CT molecular complexity index is 954. The van der Waals surface area contributed by atoms with Crippen molar-refractivity contribution in [3.05, 3.63) is 77.9 Å². The molecule has 5 heteroatoms. The van der Waals surface area contributed by atoms with Crippen LogP contribution in [0.15, 0.2) is 60.2 Å². The standard InChI is InChI=1S/C22H25.C5H9S.C2H6Si.2ClH.Zr/c1-15(2)18-13-17-7-6-8-20(21(17)14-18)16-9-11-19(12-10-16)22(3,4)5;1-5(2)3-4-6;1-3-2;;;/h6-15H,1-5H3;1,6H,3-4H2,2H3;1-2H3;2*1H;/q2*-1;;;;+4/p-2. The second-order valence-electron chi connectivity index (χ2n) is 9.47. The van der Waals surface area contributed by atoms with Gasteiger partial charge in [-0.1, -0.05) is 97.0 Å². The molecular weight excluding hydrogens is 571 g/mol. The van der Waals surface area contributed by atoms with E-state index in [1.165, 1.54) is 33.0 Å². The van der Waals surface area contributed by atoms with Crippen LogP contribution < -0.4 is 0 Å². The Morgan fingerprint density at radius 1 is 1.09 bits per heavy atom. The third-order valence-electron chi connectivity index (χ3n) is 5.01. The molecule has 3 rings (SSSR count). The maximum absolute atomic E-state index is 5.27. The molecule has 0 fully saturated rings. The van der Waals surface area contributed by atoms with Gasteiger partial charge in [0.25, 0.3) is 0 Å². The molecule has 0 atom stereocenters. The van der Waals surface area contributed by atoms with Gasteiger partial charge in [0.1, 0.15) is 0 Å². The molecule has 0 aliphatic heterocycles. The van der Waals surface area contributed by atoms with Crippen LogP contribution >= 0.6 is 29.7 Å². The van der Waals surface area contributed by atoms with Crippen LogP contribution in [-0.2, 0) is 26.3 Å². The van der Waals surface area contributed by atoms with Gasteiger partial charge < -0.3 is 6.58 Å². The SMILES string of the molecule is CC(C)c1cc2c(-c3ccc(C(C)(C)C)cc3)cccc2[cH-]1.C[Si]C.[CH-]=C(C)CCS.[Cl][Zr+2][Cl]. The van der Waals surface area contributed by atoms with Crippen molar-refractivity contribution in [3.8, 4) is 11.1 Å². The maximum atomic E-state index is 5.27. The summed E-state index contributed by atoms with van der Waals surface area (Å²) < 4.78 is 0. The predicted octanol–water partition coefficient (Wildman–Crippen LogP) is 10.5. The average molecular weight is 611 g/mol. The van der Waals surface area contributed by atoms with Gasteiger partial charge in [-0.15, -0.1) is 34.5 Å². The van der Waals surface area contributed by atoms with Crippen LogP contribution in [0.2, 0.25) is 13.1 Å². The number of rotatable bonds is 4. The molecule has 0 unspecified atom stereocenters. The van der Waals surface area contributed by atoms with Crippen LogP contribution in [-0.4, -0.2) is 15.3 Å². The van der Waals surface area contributed by atoms with E-state index in [4.69, 9.17) is 23.6 Å². The summed E-state index contributed by atoms with van der Waals surface area (Å²) in [6.45, 7) is 22.8. The first-order valence-corrected chi connectivity index (χ1v) is 20.5. The number of hydrogen-bond donors (Lipinski definition) is 1. The summed E-state index contributed by atoms with van der Waals surface area (Å²) in [5, 5.41) is 2.72. The Balaban J connectivity index is 0.000000762. The van der Waals surface area contributed by atoms with Gasteiger partial charge in [-0.3, -0.25) is 5.57 Å². The normalized spacial score (nSPS) is 10.2. The topological polar surface area (TPSA) is 0 Å². The average Bonchev–Trinajstić information content (AvgIpc) is 3.20. The summed E-state index contributed by atoms with van der Waals surface area (Å²) in [4.78, 5) is 0. The first-order chi connectivity index (χ1) is 16.0. The summed E-state index contributed by atoms with van der Waals surface area (Å²) >= 11 is 3.13. The molecule has 0 nitrogen and oxygen atoms in total. The van der Waals surface area contributed by atoms with E-state index in [-0.39, 0.29) is 5.41 Å². The van der Waals surface area contributed by atoms with Crippen molar-refractivity contribution in [3.63, 3.8) is 0 Å². The van der Waals surface area contributed by atoms with Crippen molar-refractivity contribution in [2.24, 2.45) is 0 Å². The molecule has 0 aromatic heterocycles. The number of halogens is 2. The molecule has 184 valence electrons.